The summed E-state index contributed by atoms with van der Waals surface area (Å²) < 4.78 is 6.23. The molecule has 1 aromatic carbocycles. The number of nitrogens with one attached hydrogen (secondary N) is 1. The van der Waals surface area contributed by atoms with Gasteiger partial charge in [0.15, 0.2) is 0 Å². The zero-order valence-corrected chi connectivity index (χ0v) is 10.6. The van der Waals surface area contributed by atoms with Gasteiger partial charge in [-0.25, -0.2) is 0 Å². The third-order valence-electron chi connectivity index (χ3n) is 3.51. The molecule has 18 heavy (non-hydrogen) atoms. The normalized spacial score (nSPS) is 24.1. The Morgan fingerprint density at radius 3 is 3.00 bits per heavy atom. The Morgan fingerprint density at radius 1 is 1.28 bits per heavy atom. The molecule has 0 spiro atoms. The van der Waals surface area contributed by atoms with Gasteiger partial charge < -0.3 is 10.1 Å². The molecule has 0 aliphatic carbocycles. The van der Waals surface area contributed by atoms with Crippen LogP contribution in [-0.2, 0) is 0 Å². The second kappa shape index (κ2) is 4.58. The molecule has 0 bridgehead atoms. The van der Waals surface area contributed by atoms with E-state index in [4.69, 9.17) is 4.74 Å². The molecule has 2 aromatic rings. The number of ether oxygens (including phenoxy) is 1. The summed E-state index contributed by atoms with van der Waals surface area (Å²) in [6.45, 7) is 4.16. The first-order chi connectivity index (χ1) is 8.77. The van der Waals surface area contributed by atoms with Crippen LogP contribution in [0.4, 0.5) is 0 Å². The Bertz CT molecular complexity index is 542. The highest BCUT2D eigenvalue weighted by Gasteiger charge is 2.29. The average molecular weight is 242 g/mol. The van der Waals surface area contributed by atoms with Gasteiger partial charge in [-0.1, -0.05) is 18.2 Å². The van der Waals surface area contributed by atoms with Crippen LogP contribution in [0.5, 0.6) is 5.75 Å². The summed E-state index contributed by atoms with van der Waals surface area (Å²) in [5.74, 6) is 0.888. The minimum atomic E-state index is -0.121. The van der Waals surface area contributed by atoms with E-state index in [2.05, 4.69) is 29.4 Å². The smallest absolute Gasteiger partial charge is 0.146 e. The molecule has 1 aliphatic heterocycles. The molecule has 1 aliphatic rings. The number of piperidine rings is 1. The van der Waals surface area contributed by atoms with Crippen LogP contribution in [0.25, 0.3) is 10.9 Å². The van der Waals surface area contributed by atoms with Crippen molar-refractivity contribution < 1.29 is 4.74 Å². The number of para-hydroxylation sites is 1. The summed E-state index contributed by atoms with van der Waals surface area (Å²) in [7, 11) is 0. The fourth-order valence-corrected chi connectivity index (χ4v) is 2.54. The fourth-order valence-electron chi connectivity index (χ4n) is 2.54. The number of aromatic nitrogens is 1. The number of benzene rings is 1. The summed E-state index contributed by atoms with van der Waals surface area (Å²) >= 11 is 0. The zero-order chi connectivity index (χ0) is 12.4. The lowest BCUT2D eigenvalue weighted by Crippen LogP contribution is -2.47. The molecule has 3 nitrogen and oxygen atoms in total. The third kappa shape index (κ3) is 2.18. The van der Waals surface area contributed by atoms with Gasteiger partial charge in [-0.05, 0) is 38.4 Å². The second-order valence-corrected chi connectivity index (χ2v) is 5.16. The number of hydrogen-bond donors (Lipinski definition) is 1. The summed E-state index contributed by atoms with van der Waals surface area (Å²) in [5.41, 5.74) is 0.830. The van der Waals surface area contributed by atoms with E-state index in [9.17, 15) is 0 Å². The zero-order valence-electron chi connectivity index (χ0n) is 10.6. The van der Waals surface area contributed by atoms with Crippen LogP contribution in [0.2, 0.25) is 0 Å². The molecule has 1 saturated heterocycles. The summed E-state index contributed by atoms with van der Waals surface area (Å²) in [4.78, 5) is 4.43. The maximum atomic E-state index is 6.23. The van der Waals surface area contributed by atoms with Gasteiger partial charge in [0, 0.05) is 18.1 Å². The number of nitrogens with zero attached hydrogens (tertiary/aromatic N) is 1. The Morgan fingerprint density at radius 2 is 2.17 bits per heavy atom. The van der Waals surface area contributed by atoms with Crippen molar-refractivity contribution in [1.82, 2.24) is 10.3 Å². The lowest BCUT2D eigenvalue weighted by atomic mass is 9.96. The molecule has 2 heterocycles. The van der Waals surface area contributed by atoms with Gasteiger partial charge in [0.05, 0.1) is 0 Å². The quantitative estimate of drug-likeness (QED) is 0.879. The molecular formula is C15H18N2O. The van der Waals surface area contributed by atoms with E-state index in [1.807, 2.05) is 24.4 Å². The number of rotatable bonds is 2. The molecule has 1 atom stereocenters. The Hall–Kier alpha value is -1.61. The molecule has 1 unspecified atom stereocenters. The molecule has 94 valence electrons. The van der Waals surface area contributed by atoms with E-state index in [-0.39, 0.29) is 5.60 Å². The van der Waals surface area contributed by atoms with Crippen molar-refractivity contribution in [3.8, 4) is 5.75 Å². The van der Waals surface area contributed by atoms with E-state index in [0.717, 1.165) is 42.6 Å². The minimum Gasteiger partial charge on any atom is -0.484 e. The minimum absolute atomic E-state index is 0.121. The first-order valence-corrected chi connectivity index (χ1v) is 6.50. The fraction of sp³-hybridized carbons (Fsp3) is 0.400. The van der Waals surface area contributed by atoms with Crippen LogP contribution in [0.3, 0.4) is 0 Å². The summed E-state index contributed by atoms with van der Waals surface area (Å²) in [6.07, 6.45) is 4.06. The van der Waals surface area contributed by atoms with Crippen LogP contribution in [0, 0.1) is 0 Å². The number of fused-ring (bicyclic) bond motifs is 1. The van der Waals surface area contributed by atoms with Gasteiger partial charge in [0.2, 0.25) is 0 Å². The average Bonchev–Trinajstić information content (AvgIpc) is 2.40. The van der Waals surface area contributed by atoms with Crippen molar-refractivity contribution >= 4 is 10.9 Å². The highest BCUT2D eigenvalue weighted by molar-refractivity contribution is 5.84. The number of hydrogen-bond acceptors (Lipinski definition) is 3. The molecule has 3 heteroatoms. The van der Waals surface area contributed by atoms with Crippen molar-refractivity contribution in [1.29, 1.82) is 0 Å². The summed E-state index contributed by atoms with van der Waals surface area (Å²) in [6, 6.07) is 10.1. The largest absolute Gasteiger partial charge is 0.484 e. The third-order valence-corrected chi connectivity index (χ3v) is 3.51. The van der Waals surface area contributed by atoms with Gasteiger partial charge in [0.25, 0.3) is 0 Å². The maximum Gasteiger partial charge on any atom is 0.146 e. The lowest BCUT2D eigenvalue weighted by molar-refractivity contribution is 0.0629. The van der Waals surface area contributed by atoms with Crippen LogP contribution in [0.1, 0.15) is 19.8 Å². The van der Waals surface area contributed by atoms with Crippen LogP contribution >= 0.6 is 0 Å². The lowest BCUT2D eigenvalue weighted by Gasteiger charge is -2.34. The van der Waals surface area contributed by atoms with Gasteiger partial charge in [-0.3, -0.25) is 4.98 Å². The van der Waals surface area contributed by atoms with E-state index in [1.165, 1.54) is 0 Å². The van der Waals surface area contributed by atoms with Crippen molar-refractivity contribution in [2.24, 2.45) is 0 Å². The number of pyridine rings is 1. The predicted molar refractivity (Wildman–Crippen MR) is 72.9 cm³/mol. The van der Waals surface area contributed by atoms with Crippen molar-refractivity contribution in [2.45, 2.75) is 25.4 Å². The first-order valence-electron chi connectivity index (χ1n) is 6.50. The Kier molecular flexibility index (Phi) is 2.92. The van der Waals surface area contributed by atoms with Crippen LogP contribution in [0.15, 0.2) is 36.5 Å². The standard InChI is InChI=1S/C15H18N2O/c1-15(8-4-9-16-11-15)18-13-7-2-5-12-6-3-10-17-14(12)13/h2-3,5-7,10,16H,4,8-9,11H2,1H3. The van der Waals surface area contributed by atoms with Crippen LogP contribution in [-0.4, -0.2) is 23.7 Å². The van der Waals surface area contributed by atoms with E-state index in [1.54, 1.807) is 0 Å². The summed E-state index contributed by atoms with van der Waals surface area (Å²) in [5, 5.41) is 4.53. The predicted octanol–water partition coefficient (Wildman–Crippen LogP) is 2.76. The SMILES string of the molecule is CC1(Oc2cccc3cccnc23)CCCNC1. The monoisotopic (exact) mass is 242 g/mol. The van der Waals surface area contributed by atoms with E-state index in [0.29, 0.717) is 0 Å². The maximum absolute atomic E-state index is 6.23. The highest BCUT2D eigenvalue weighted by atomic mass is 16.5. The van der Waals surface area contributed by atoms with Gasteiger partial charge in [-0.15, -0.1) is 0 Å². The van der Waals surface area contributed by atoms with Gasteiger partial charge >= 0.3 is 0 Å². The van der Waals surface area contributed by atoms with Crippen LogP contribution < -0.4 is 10.1 Å². The van der Waals surface area contributed by atoms with E-state index >= 15 is 0 Å². The first kappa shape index (κ1) is 11.5. The van der Waals surface area contributed by atoms with Crippen molar-refractivity contribution in [2.75, 3.05) is 13.1 Å². The Balaban J connectivity index is 1.94. The molecule has 1 fully saturated rings. The molecule has 1 N–H and O–H groups in total. The van der Waals surface area contributed by atoms with Gasteiger partial charge in [0.1, 0.15) is 16.9 Å². The Labute approximate surface area is 107 Å². The molecule has 1 aromatic heterocycles. The molecule has 0 amide bonds. The van der Waals surface area contributed by atoms with Crippen molar-refractivity contribution in [3.05, 3.63) is 36.5 Å². The highest BCUT2D eigenvalue weighted by Crippen LogP contribution is 2.29. The molecular weight excluding hydrogens is 224 g/mol. The van der Waals surface area contributed by atoms with Gasteiger partial charge in [-0.2, -0.15) is 0 Å². The van der Waals surface area contributed by atoms with Crippen molar-refractivity contribution in [3.63, 3.8) is 0 Å². The second-order valence-electron chi connectivity index (χ2n) is 5.16. The molecule has 0 saturated carbocycles. The topological polar surface area (TPSA) is 34.1 Å². The van der Waals surface area contributed by atoms with E-state index < -0.39 is 0 Å². The molecule has 0 radical (unpaired) electrons. The molecule has 3 rings (SSSR count).